The summed E-state index contributed by atoms with van der Waals surface area (Å²) in [5.41, 5.74) is 2.52. The van der Waals surface area contributed by atoms with Crippen molar-refractivity contribution in [1.29, 1.82) is 0 Å². The van der Waals surface area contributed by atoms with E-state index >= 15 is 0 Å². The van der Waals surface area contributed by atoms with Crippen molar-refractivity contribution < 1.29 is 0 Å². The molecule has 4 unspecified atom stereocenters. The fraction of sp³-hybridized carbons (Fsp3) is 0.571. The monoisotopic (exact) mass is 267 g/mol. The average molecular weight is 268 g/mol. The second-order valence-electron chi connectivity index (χ2n) is 5.75. The Labute approximate surface area is 111 Å². The molecule has 4 atom stereocenters. The van der Waals surface area contributed by atoms with Crippen LogP contribution >= 0.6 is 23.2 Å². The van der Waals surface area contributed by atoms with E-state index in [1.54, 1.807) is 0 Å². The zero-order valence-electron chi connectivity index (χ0n) is 9.55. The zero-order chi connectivity index (χ0) is 11.6. The molecule has 1 aliphatic heterocycles. The minimum atomic E-state index is 0.690. The van der Waals surface area contributed by atoms with Gasteiger partial charge in [0.25, 0.3) is 0 Å². The van der Waals surface area contributed by atoms with Crippen molar-refractivity contribution in [2.24, 2.45) is 17.8 Å². The Morgan fingerprint density at radius 1 is 1.12 bits per heavy atom. The Bertz CT molecular complexity index is 485. The standard InChI is InChI=1S/C14H15Cl2N/c15-9-4-11(16)14-12(5-9)17-6-10-7-1-2-8(3-7)13(10)14/h4-5,7-8,10,13,17H,1-3,6H2. The van der Waals surface area contributed by atoms with Crippen molar-refractivity contribution >= 4 is 28.9 Å². The number of hydrogen-bond acceptors (Lipinski definition) is 1. The smallest absolute Gasteiger partial charge is 0.0476 e. The molecule has 2 aliphatic carbocycles. The topological polar surface area (TPSA) is 12.0 Å². The van der Waals surface area contributed by atoms with Crippen LogP contribution in [0.1, 0.15) is 30.7 Å². The lowest BCUT2D eigenvalue weighted by Crippen LogP contribution is -2.32. The SMILES string of the molecule is Clc1cc(Cl)c2c(c1)NCC1C3CCC(C3)C21. The van der Waals surface area contributed by atoms with Crippen LogP contribution in [0.25, 0.3) is 0 Å². The van der Waals surface area contributed by atoms with E-state index in [4.69, 9.17) is 23.2 Å². The summed E-state index contributed by atoms with van der Waals surface area (Å²) in [6, 6.07) is 3.93. The maximum absolute atomic E-state index is 6.43. The van der Waals surface area contributed by atoms with Crippen LogP contribution in [0.3, 0.4) is 0 Å². The van der Waals surface area contributed by atoms with Gasteiger partial charge < -0.3 is 5.32 Å². The van der Waals surface area contributed by atoms with Crippen LogP contribution in [0.4, 0.5) is 5.69 Å². The highest BCUT2D eigenvalue weighted by Gasteiger charge is 2.50. The molecule has 1 aromatic carbocycles. The third kappa shape index (κ3) is 1.39. The molecule has 0 spiro atoms. The van der Waals surface area contributed by atoms with Crippen LogP contribution in [0.15, 0.2) is 12.1 Å². The van der Waals surface area contributed by atoms with E-state index in [0.29, 0.717) is 5.92 Å². The zero-order valence-corrected chi connectivity index (χ0v) is 11.1. The summed E-state index contributed by atoms with van der Waals surface area (Å²) < 4.78 is 0. The van der Waals surface area contributed by atoms with E-state index < -0.39 is 0 Å². The molecule has 2 saturated carbocycles. The second kappa shape index (κ2) is 3.55. The predicted octanol–water partition coefficient (Wildman–Crippen LogP) is 4.55. The molecule has 4 rings (SSSR count). The molecule has 0 saturated heterocycles. The van der Waals surface area contributed by atoms with Gasteiger partial charge in [-0.15, -0.1) is 0 Å². The summed E-state index contributed by atoms with van der Waals surface area (Å²) >= 11 is 12.5. The quantitative estimate of drug-likeness (QED) is 0.728. The maximum Gasteiger partial charge on any atom is 0.0476 e. The Hall–Kier alpha value is -0.400. The minimum Gasteiger partial charge on any atom is -0.384 e. The molecule has 1 heterocycles. The first kappa shape index (κ1) is 10.5. The van der Waals surface area contributed by atoms with E-state index in [1.165, 1.54) is 30.5 Å². The lowest BCUT2D eigenvalue weighted by molar-refractivity contribution is 0.294. The molecule has 1 aromatic rings. The van der Waals surface area contributed by atoms with Crippen molar-refractivity contribution in [3.63, 3.8) is 0 Å². The van der Waals surface area contributed by atoms with Crippen molar-refractivity contribution in [3.05, 3.63) is 27.7 Å². The molecule has 17 heavy (non-hydrogen) atoms. The van der Waals surface area contributed by atoms with Gasteiger partial charge in [-0.05, 0) is 60.6 Å². The fourth-order valence-corrected chi connectivity index (χ4v) is 5.07. The first-order valence-electron chi connectivity index (χ1n) is 6.47. The normalized spacial score (nSPS) is 37.5. The van der Waals surface area contributed by atoms with Crippen molar-refractivity contribution in [1.82, 2.24) is 0 Å². The molecule has 2 bridgehead atoms. The molecule has 3 aliphatic rings. The van der Waals surface area contributed by atoms with Crippen LogP contribution in [0, 0.1) is 17.8 Å². The van der Waals surface area contributed by atoms with E-state index in [2.05, 4.69) is 5.32 Å². The third-order valence-electron chi connectivity index (χ3n) is 5.04. The molecule has 1 nitrogen and oxygen atoms in total. The Morgan fingerprint density at radius 2 is 1.94 bits per heavy atom. The average Bonchev–Trinajstić information content (AvgIpc) is 2.88. The van der Waals surface area contributed by atoms with Crippen LogP contribution in [-0.4, -0.2) is 6.54 Å². The Kier molecular flexibility index (Phi) is 2.20. The van der Waals surface area contributed by atoms with Crippen LogP contribution in [0.5, 0.6) is 0 Å². The van der Waals surface area contributed by atoms with E-state index in [1.807, 2.05) is 12.1 Å². The number of anilines is 1. The number of halogens is 2. The summed E-state index contributed by atoms with van der Waals surface area (Å²) in [6.07, 6.45) is 4.23. The van der Waals surface area contributed by atoms with E-state index in [0.717, 1.165) is 34.3 Å². The molecule has 3 heteroatoms. The number of benzene rings is 1. The van der Waals surface area contributed by atoms with Crippen LogP contribution in [-0.2, 0) is 0 Å². The van der Waals surface area contributed by atoms with E-state index in [9.17, 15) is 0 Å². The lowest BCUT2D eigenvalue weighted by Gasteiger charge is -2.38. The van der Waals surface area contributed by atoms with Crippen molar-refractivity contribution in [2.45, 2.75) is 25.2 Å². The van der Waals surface area contributed by atoms with Crippen molar-refractivity contribution in [3.8, 4) is 0 Å². The highest BCUT2D eigenvalue weighted by Crippen LogP contribution is 2.60. The summed E-state index contributed by atoms with van der Waals surface area (Å²) in [5, 5.41) is 5.13. The second-order valence-corrected chi connectivity index (χ2v) is 6.60. The lowest BCUT2D eigenvalue weighted by atomic mass is 9.73. The molecular weight excluding hydrogens is 253 g/mol. The molecule has 90 valence electrons. The molecule has 2 fully saturated rings. The minimum absolute atomic E-state index is 0.690. The number of fused-ring (bicyclic) bond motifs is 7. The fourth-order valence-electron chi connectivity index (χ4n) is 4.45. The Balaban J connectivity index is 1.87. The molecule has 0 amide bonds. The van der Waals surface area contributed by atoms with Gasteiger partial charge in [0, 0.05) is 22.3 Å². The molecule has 0 radical (unpaired) electrons. The van der Waals surface area contributed by atoms with Gasteiger partial charge in [0.15, 0.2) is 0 Å². The van der Waals surface area contributed by atoms with Gasteiger partial charge >= 0.3 is 0 Å². The van der Waals surface area contributed by atoms with E-state index in [-0.39, 0.29) is 0 Å². The summed E-state index contributed by atoms with van der Waals surface area (Å²) in [7, 11) is 0. The number of hydrogen-bond donors (Lipinski definition) is 1. The largest absolute Gasteiger partial charge is 0.384 e. The molecule has 1 N–H and O–H groups in total. The predicted molar refractivity (Wildman–Crippen MR) is 72.0 cm³/mol. The van der Waals surface area contributed by atoms with Crippen LogP contribution < -0.4 is 5.32 Å². The van der Waals surface area contributed by atoms with Gasteiger partial charge in [-0.3, -0.25) is 0 Å². The van der Waals surface area contributed by atoms with Gasteiger partial charge in [0.1, 0.15) is 0 Å². The van der Waals surface area contributed by atoms with Gasteiger partial charge in [-0.2, -0.15) is 0 Å². The first-order chi connectivity index (χ1) is 8.24. The summed E-state index contributed by atoms with van der Waals surface area (Å²) in [5.74, 6) is 3.29. The highest BCUT2D eigenvalue weighted by atomic mass is 35.5. The molecule has 0 aromatic heterocycles. The summed E-state index contributed by atoms with van der Waals surface area (Å²) in [6.45, 7) is 1.11. The van der Waals surface area contributed by atoms with Gasteiger partial charge in [-0.1, -0.05) is 23.2 Å². The first-order valence-corrected chi connectivity index (χ1v) is 7.22. The molecular formula is C14H15Cl2N. The van der Waals surface area contributed by atoms with Crippen molar-refractivity contribution in [2.75, 3.05) is 11.9 Å². The maximum atomic E-state index is 6.43. The van der Waals surface area contributed by atoms with Gasteiger partial charge in [0.05, 0.1) is 0 Å². The van der Waals surface area contributed by atoms with Gasteiger partial charge in [0.2, 0.25) is 0 Å². The highest BCUT2D eigenvalue weighted by molar-refractivity contribution is 6.35. The van der Waals surface area contributed by atoms with Crippen LogP contribution in [0.2, 0.25) is 10.0 Å². The Morgan fingerprint density at radius 3 is 2.82 bits per heavy atom. The van der Waals surface area contributed by atoms with Gasteiger partial charge in [-0.25, -0.2) is 0 Å². The summed E-state index contributed by atoms with van der Waals surface area (Å²) in [4.78, 5) is 0. The number of nitrogens with one attached hydrogen (secondary N) is 1. The number of rotatable bonds is 0. The third-order valence-corrected chi connectivity index (χ3v) is 5.58.